The van der Waals surface area contributed by atoms with Gasteiger partial charge in [-0.3, -0.25) is 24.6 Å². The number of ether oxygens (including phenoxy) is 5. The van der Waals surface area contributed by atoms with Crippen molar-refractivity contribution in [1.82, 2.24) is 20.4 Å². The number of fused-ring (bicyclic) bond motifs is 2. The van der Waals surface area contributed by atoms with Crippen molar-refractivity contribution in [2.24, 2.45) is 11.3 Å². The number of nitrogens with zero attached hydrogens (tertiary/aromatic N) is 2. The second-order valence-corrected chi connectivity index (χ2v) is 14.0. The number of aromatic amines is 2. The van der Waals surface area contributed by atoms with Gasteiger partial charge >= 0.3 is 17.9 Å². The zero-order valence-electron chi connectivity index (χ0n) is 34.5. The van der Waals surface area contributed by atoms with Gasteiger partial charge in [-0.15, -0.1) is 0 Å². The zero-order chi connectivity index (χ0) is 41.8. The number of hydrogen-bond donors (Lipinski definition) is 2. The molecule has 2 N–H and O–H groups in total. The van der Waals surface area contributed by atoms with Gasteiger partial charge in [0, 0.05) is 17.5 Å². The van der Waals surface area contributed by atoms with Crippen LogP contribution >= 0.6 is 0 Å². The van der Waals surface area contributed by atoms with Crippen molar-refractivity contribution in [3.63, 3.8) is 0 Å². The van der Waals surface area contributed by atoms with E-state index in [1.807, 2.05) is 13.0 Å². The molecule has 0 radical (unpaired) electrons. The number of hydrogen-bond acceptors (Lipinski definition) is 13. The van der Waals surface area contributed by atoms with E-state index in [9.17, 15) is 28.8 Å². The molecule has 56 heavy (non-hydrogen) atoms. The Morgan fingerprint density at radius 3 is 1.75 bits per heavy atom. The van der Waals surface area contributed by atoms with Crippen molar-refractivity contribution >= 4 is 41.0 Å². The van der Waals surface area contributed by atoms with Crippen LogP contribution in [0.3, 0.4) is 0 Å². The maximum atomic E-state index is 11.8. The second-order valence-electron chi connectivity index (χ2n) is 14.0. The number of ketones is 3. The molecule has 0 aliphatic heterocycles. The molecule has 2 aromatic rings. The molecule has 3 aliphatic rings. The number of aromatic nitrogens is 4. The zero-order valence-corrected chi connectivity index (χ0v) is 34.5. The predicted molar refractivity (Wildman–Crippen MR) is 208 cm³/mol. The highest BCUT2D eigenvalue weighted by molar-refractivity contribution is 6.39. The molecule has 2 heterocycles. The lowest BCUT2D eigenvalue weighted by Crippen LogP contribution is -2.34. The van der Waals surface area contributed by atoms with E-state index < -0.39 is 29.4 Å². The van der Waals surface area contributed by atoms with Gasteiger partial charge < -0.3 is 23.7 Å². The van der Waals surface area contributed by atoms with Crippen LogP contribution in [0.2, 0.25) is 0 Å². The Hall–Kier alpha value is -5.08. The molecule has 0 amide bonds. The minimum absolute atomic E-state index is 0.00282. The fraction of sp³-hybridized carbons (Fsp3) is 0.610. The van der Waals surface area contributed by atoms with Crippen LogP contribution in [0.25, 0.3) is 5.76 Å². The van der Waals surface area contributed by atoms with Crippen LogP contribution in [0.1, 0.15) is 156 Å². The van der Waals surface area contributed by atoms with Crippen molar-refractivity contribution in [3.05, 3.63) is 51.8 Å². The SMILES string of the molecule is CCCC(C)(C)C.CCOC(=O)C(=O)C1CCC=C(OCC)C1=O.CCOC(=O)c1[nH]nc2c1CCC=C2OCC.CCOC(=O)c1[nH]nc2c1CCCC2=O. The molecular formula is C41H60N4O11. The van der Waals surface area contributed by atoms with E-state index in [0.29, 0.717) is 80.2 Å². The fourth-order valence-electron chi connectivity index (χ4n) is 6.08. The highest BCUT2D eigenvalue weighted by atomic mass is 16.5. The third-order valence-corrected chi connectivity index (χ3v) is 8.48. The lowest BCUT2D eigenvalue weighted by molar-refractivity contribution is -0.157. The number of carbonyl (C=O) groups excluding carboxylic acids is 6. The summed E-state index contributed by atoms with van der Waals surface area (Å²) in [6, 6.07) is 0. The van der Waals surface area contributed by atoms with Crippen molar-refractivity contribution in [2.45, 2.75) is 120 Å². The van der Waals surface area contributed by atoms with Gasteiger partial charge in [-0.05, 0) is 97.1 Å². The summed E-state index contributed by atoms with van der Waals surface area (Å²) in [6.45, 7) is 19.6. The van der Waals surface area contributed by atoms with Crippen molar-refractivity contribution in [2.75, 3.05) is 33.0 Å². The van der Waals surface area contributed by atoms with Gasteiger partial charge in [-0.25, -0.2) is 14.4 Å². The molecular weight excluding hydrogens is 724 g/mol. The van der Waals surface area contributed by atoms with E-state index in [4.69, 9.17) is 18.9 Å². The molecule has 0 fully saturated rings. The van der Waals surface area contributed by atoms with Crippen molar-refractivity contribution < 1.29 is 52.5 Å². The van der Waals surface area contributed by atoms with Crippen LogP contribution in [0.4, 0.5) is 0 Å². The Morgan fingerprint density at radius 2 is 1.23 bits per heavy atom. The summed E-state index contributed by atoms with van der Waals surface area (Å²) in [4.78, 5) is 69.4. The highest BCUT2D eigenvalue weighted by Gasteiger charge is 2.36. The third-order valence-electron chi connectivity index (χ3n) is 8.48. The number of carbonyl (C=O) groups is 6. The molecule has 0 saturated carbocycles. The predicted octanol–water partition coefficient (Wildman–Crippen LogP) is 6.87. The molecule has 0 saturated heterocycles. The van der Waals surface area contributed by atoms with Crippen LogP contribution in [0, 0.1) is 11.3 Å². The van der Waals surface area contributed by atoms with E-state index in [1.165, 1.54) is 12.8 Å². The summed E-state index contributed by atoms with van der Waals surface area (Å²) < 4.78 is 25.1. The standard InChI is InChI=1S/C12H16N2O3.C12H16O5.C10H12N2O3.C7H16/c1-3-16-9-7-5-6-8-10(9)13-14-11(8)12(15)17-4-2;1-3-16-9-7-5-6-8(10(9)13)11(14)12(15)17-4-2;1-2-15-10(14)9-6-4-3-5-7(13)8(6)11-12-9;1-5-6-7(2,3)4/h7H,3-6H2,1-2H3,(H,13,14);7-8H,3-6H2,1-2H3;2-5H2,1H3,(H,11,12);5-6H2,1-4H3. The first-order valence-electron chi connectivity index (χ1n) is 19.6. The van der Waals surface area contributed by atoms with Crippen LogP contribution in [-0.4, -0.2) is 88.7 Å². The van der Waals surface area contributed by atoms with Gasteiger partial charge in [0.2, 0.25) is 5.78 Å². The van der Waals surface area contributed by atoms with Gasteiger partial charge in [-0.1, -0.05) is 34.1 Å². The molecule has 2 aromatic heterocycles. The second kappa shape index (κ2) is 23.8. The lowest BCUT2D eigenvalue weighted by Gasteiger charge is -2.19. The van der Waals surface area contributed by atoms with E-state index in [0.717, 1.165) is 36.3 Å². The summed E-state index contributed by atoms with van der Waals surface area (Å²) in [5.74, 6) is -2.92. The molecule has 5 rings (SSSR count). The van der Waals surface area contributed by atoms with Crippen LogP contribution in [0.15, 0.2) is 17.9 Å². The number of rotatable bonds is 12. The number of allylic oxidation sites excluding steroid dienone is 3. The number of nitrogens with one attached hydrogen (secondary N) is 2. The summed E-state index contributed by atoms with van der Waals surface area (Å²) in [7, 11) is 0. The van der Waals surface area contributed by atoms with Gasteiger partial charge in [0.25, 0.3) is 5.78 Å². The number of H-pyrrole nitrogens is 2. The molecule has 0 aromatic carbocycles. The third kappa shape index (κ3) is 13.9. The Morgan fingerprint density at radius 1 is 0.696 bits per heavy atom. The summed E-state index contributed by atoms with van der Waals surface area (Å²) in [6.07, 6.45) is 10.8. The highest BCUT2D eigenvalue weighted by Crippen LogP contribution is 2.28. The topological polar surface area (TPSA) is 206 Å². The van der Waals surface area contributed by atoms with E-state index in [1.54, 1.807) is 33.8 Å². The Kier molecular flexibility index (Phi) is 20.0. The van der Waals surface area contributed by atoms with Crippen LogP contribution in [-0.2, 0) is 50.9 Å². The fourth-order valence-corrected chi connectivity index (χ4v) is 6.08. The Labute approximate surface area is 329 Å². The summed E-state index contributed by atoms with van der Waals surface area (Å²) >= 11 is 0. The molecule has 1 unspecified atom stereocenters. The van der Waals surface area contributed by atoms with Crippen molar-refractivity contribution in [1.29, 1.82) is 0 Å². The quantitative estimate of drug-likeness (QED) is 0.0977. The maximum Gasteiger partial charge on any atom is 0.375 e. The number of esters is 3. The molecule has 0 spiro atoms. The first-order valence-corrected chi connectivity index (χ1v) is 19.6. The summed E-state index contributed by atoms with van der Waals surface area (Å²) in [5, 5.41) is 13.3. The largest absolute Gasteiger partial charge is 0.492 e. The summed E-state index contributed by atoms with van der Waals surface area (Å²) in [5.41, 5.74) is 4.09. The Bertz CT molecular complexity index is 1710. The average molecular weight is 785 g/mol. The van der Waals surface area contributed by atoms with Gasteiger partial charge in [0.1, 0.15) is 28.5 Å². The van der Waals surface area contributed by atoms with Gasteiger partial charge in [0.05, 0.1) is 39.0 Å². The normalized spacial score (nSPS) is 15.6. The molecule has 15 nitrogen and oxygen atoms in total. The number of Topliss-reactive ketones (excluding diaryl/α,β-unsaturated/α-hetero) is 3. The monoisotopic (exact) mass is 784 g/mol. The van der Waals surface area contributed by atoms with Crippen LogP contribution in [0.5, 0.6) is 0 Å². The van der Waals surface area contributed by atoms with E-state index in [-0.39, 0.29) is 24.1 Å². The molecule has 15 heteroatoms. The first-order chi connectivity index (χ1) is 26.7. The van der Waals surface area contributed by atoms with Crippen molar-refractivity contribution in [3.8, 4) is 0 Å². The minimum Gasteiger partial charge on any atom is -0.492 e. The molecule has 0 bridgehead atoms. The average Bonchev–Trinajstić information content (AvgIpc) is 3.80. The van der Waals surface area contributed by atoms with E-state index >= 15 is 0 Å². The lowest BCUT2D eigenvalue weighted by atomic mass is 9.88. The minimum atomic E-state index is -0.944. The first kappa shape index (κ1) is 47.1. The smallest absolute Gasteiger partial charge is 0.375 e. The molecule has 310 valence electrons. The van der Waals surface area contributed by atoms with Crippen LogP contribution < -0.4 is 0 Å². The molecule has 3 aliphatic carbocycles. The van der Waals surface area contributed by atoms with Gasteiger partial charge in [-0.2, -0.15) is 10.2 Å². The molecule has 1 atom stereocenters. The Balaban J connectivity index is 0.000000268. The van der Waals surface area contributed by atoms with Gasteiger partial charge in [0.15, 0.2) is 11.5 Å². The maximum absolute atomic E-state index is 11.8. The van der Waals surface area contributed by atoms with E-state index in [2.05, 4.69) is 52.8 Å².